The van der Waals surface area contributed by atoms with Crippen LogP contribution in [0, 0.1) is 0 Å². The number of nitrogens with zero attached hydrogens (tertiary/aromatic N) is 3. The Morgan fingerprint density at radius 1 is 0.897 bits per heavy atom. The monoisotopic (exact) mass is 552 g/mol. The first kappa shape index (κ1) is 28.4. The SMILES string of the molecule is CC(C)(C)c1ccc(CN(Cc2cccc(C(F)(F)F)c2)Cc2nc(C(=O)NCc3ccccn3)cs2)cc1. The van der Waals surface area contributed by atoms with Gasteiger partial charge in [-0.1, -0.05) is 69.3 Å². The molecule has 2 heterocycles. The van der Waals surface area contributed by atoms with Crippen molar-refractivity contribution in [1.82, 2.24) is 20.2 Å². The molecule has 5 nitrogen and oxygen atoms in total. The van der Waals surface area contributed by atoms with Gasteiger partial charge in [-0.15, -0.1) is 11.3 Å². The first-order chi connectivity index (χ1) is 18.5. The molecule has 204 valence electrons. The second kappa shape index (κ2) is 12.1. The number of halogens is 3. The van der Waals surface area contributed by atoms with Gasteiger partial charge < -0.3 is 5.32 Å². The minimum atomic E-state index is -4.41. The Hall–Kier alpha value is -3.56. The van der Waals surface area contributed by atoms with Crippen LogP contribution in [-0.2, 0) is 37.8 Å². The van der Waals surface area contributed by atoms with Crippen LogP contribution in [0.15, 0.2) is 78.3 Å². The van der Waals surface area contributed by atoms with E-state index in [0.29, 0.717) is 42.4 Å². The standard InChI is InChI=1S/C30H31F3N4OS/c1-29(2,3)23-12-10-21(11-13-23)17-37(18-22-7-6-8-24(15-22)30(31,32)33)19-27-36-26(20-39-27)28(38)35-16-25-9-4-5-14-34-25/h4-15,20H,16-19H2,1-3H3,(H,35,38). The highest BCUT2D eigenvalue weighted by Gasteiger charge is 2.30. The molecule has 0 spiro atoms. The van der Waals surface area contributed by atoms with Gasteiger partial charge in [-0.2, -0.15) is 13.2 Å². The van der Waals surface area contributed by atoms with Crippen LogP contribution in [0.5, 0.6) is 0 Å². The van der Waals surface area contributed by atoms with Crippen LogP contribution in [0.25, 0.3) is 0 Å². The molecule has 4 aromatic rings. The van der Waals surface area contributed by atoms with Crippen LogP contribution in [0.3, 0.4) is 0 Å². The third kappa shape index (κ3) is 8.21. The largest absolute Gasteiger partial charge is 0.416 e. The van der Waals surface area contributed by atoms with Gasteiger partial charge in [-0.3, -0.25) is 14.7 Å². The number of hydrogen-bond acceptors (Lipinski definition) is 5. The van der Waals surface area contributed by atoms with Gasteiger partial charge >= 0.3 is 6.18 Å². The summed E-state index contributed by atoms with van der Waals surface area (Å²) in [6.45, 7) is 7.93. The molecule has 2 aromatic carbocycles. The Bertz CT molecular complexity index is 1380. The van der Waals surface area contributed by atoms with Crippen molar-refractivity contribution in [1.29, 1.82) is 0 Å². The number of thiazole rings is 1. The molecule has 0 bridgehead atoms. The normalized spacial score (nSPS) is 12.1. The molecule has 0 saturated heterocycles. The number of benzene rings is 2. The lowest BCUT2D eigenvalue weighted by Gasteiger charge is -2.23. The van der Waals surface area contributed by atoms with Gasteiger partial charge in [-0.05, 0) is 40.3 Å². The molecular weight excluding hydrogens is 521 g/mol. The summed E-state index contributed by atoms with van der Waals surface area (Å²) in [7, 11) is 0. The summed E-state index contributed by atoms with van der Waals surface area (Å²) in [4.78, 5) is 23.4. The van der Waals surface area contributed by atoms with Crippen LogP contribution in [0.4, 0.5) is 13.2 Å². The molecule has 0 radical (unpaired) electrons. The first-order valence-corrected chi connectivity index (χ1v) is 13.5. The molecule has 1 amide bonds. The third-order valence-corrected chi connectivity index (χ3v) is 7.02. The Morgan fingerprint density at radius 3 is 2.31 bits per heavy atom. The Labute approximate surface area is 230 Å². The third-order valence-electron chi connectivity index (χ3n) is 6.19. The highest BCUT2D eigenvalue weighted by atomic mass is 32.1. The molecule has 0 fully saturated rings. The maximum Gasteiger partial charge on any atom is 0.416 e. The number of hydrogen-bond donors (Lipinski definition) is 1. The number of amides is 1. The van der Waals surface area contributed by atoms with E-state index in [0.717, 1.165) is 17.3 Å². The highest BCUT2D eigenvalue weighted by molar-refractivity contribution is 7.09. The van der Waals surface area contributed by atoms with Crippen LogP contribution in [-0.4, -0.2) is 20.8 Å². The van der Waals surface area contributed by atoms with E-state index in [2.05, 4.69) is 60.3 Å². The first-order valence-electron chi connectivity index (χ1n) is 12.6. The highest BCUT2D eigenvalue weighted by Crippen LogP contribution is 2.30. The van der Waals surface area contributed by atoms with E-state index in [4.69, 9.17) is 0 Å². The lowest BCUT2D eigenvalue weighted by molar-refractivity contribution is -0.137. The molecular formula is C30H31F3N4OS. The van der Waals surface area contributed by atoms with E-state index in [9.17, 15) is 18.0 Å². The summed E-state index contributed by atoms with van der Waals surface area (Å²) in [6, 6.07) is 19.2. The van der Waals surface area contributed by atoms with E-state index in [1.807, 2.05) is 23.1 Å². The predicted octanol–water partition coefficient (Wildman–Crippen LogP) is 6.99. The molecule has 0 unspecified atom stereocenters. The minimum absolute atomic E-state index is 0.0185. The van der Waals surface area contributed by atoms with Gasteiger partial charge in [0.15, 0.2) is 0 Å². The van der Waals surface area contributed by atoms with E-state index < -0.39 is 11.7 Å². The van der Waals surface area contributed by atoms with E-state index >= 15 is 0 Å². The van der Waals surface area contributed by atoms with Crippen LogP contribution < -0.4 is 5.32 Å². The number of alkyl halides is 3. The average molecular weight is 553 g/mol. The molecule has 1 N–H and O–H groups in total. The number of aromatic nitrogens is 2. The summed E-state index contributed by atoms with van der Waals surface area (Å²) in [5, 5.41) is 5.22. The smallest absolute Gasteiger partial charge is 0.345 e. The molecule has 39 heavy (non-hydrogen) atoms. The molecule has 0 aliphatic rings. The number of rotatable bonds is 9. The number of carbonyl (C=O) groups is 1. The Kier molecular flexibility index (Phi) is 8.82. The van der Waals surface area contributed by atoms with Crippen molar-refractivity contribution in [2.75, 3.05) is 0 Å². The van der Waals surface area contributed by atoms with Crippen LogP contribution >= 0.6 is 11.3 Å². The molecule has 2 aromatic heterocycles. The van der Waals surface area contributed by atoms with Crippen molar-refractivity contribution in [3.05, 3.63) is 117 Å². The molecule has 0 aliphatic carbocycles. The zero-order chi connectivity index (χ0) is 28.0. The van der Waals surface area contributed by atoms with Crippen LogP contribution in [0.1, 0.15) is 64.2 Å². The molecule has 9 heteroatoms. The molecule has 4 rings (SSSR count). The maximum absolute atomic E-state index is 13.3. The lowest BCUT2D eigenvalue weighted by atomic mass is 9.87. The van der Waals surface area contributed by atoms with Crippen molar-refractivity contribution in [2.45, 2.75) is 58.5 Å². The van der Waals surface area contributed by atoms with Gasteiger partial charge in [0.1, 0.15) is 10.7 Å². The summed E-state index contributed by atoms with van der Waals surface area (Å²) < 4.78 is 40.0. The number of carbonyl (C=O) groups excluding carboxylic acids is 1. The molecule has 0 aliphatic heterocycles. The Balaban J connectivity index is 1.50. The van der Waals surface area contributed by atoms with Gasteiger partial charge in [0.05, 0.1) is 24.3 Å². The fraction of sp³-hybridized carbons (Fsp3) is 0.300. The van der Waals surface area contributed by atoms with Gasteiger partial charge in [0, 0.05) is 24.7 Å². The van der Waals surface area contributed by atoms with Crippen molar-refractivity contribution in [3.63, 3.8) is 0 Å². The average Bonchev–Trinajstić information content (AvgIpc) is 3.36. The van der Waals surface area contributed by atoms with Crippen molar-refractivity contribution < 1.29 is 18.0 Å². The van der Waals surface area contributed by atoms with E-state index in [-0.39, 0.29) is 11.3 Å². The predicted molar refractivity (Wildman–Crippen MR) is 147 cm³/mol. The van der Waals surface area contributed by atoms with Gasteiger partial charge in [0.2, 0.25) is 0 Å². The van der Waals surface area contributed by atoms with Crippen molar-refractivity contribution >= 4 is 17.2 Å². The quantitative estimate of drug-likeness (QED) is 0.243. The zero-order valence-corrected chi connectivity index (χ0v) is 22.9. The number of nitrogens with one attached hydrogen (secondary N) is 1. The minimum Gasteiger partial charge on any atom is -0.345 e. The van der Waals surface area contributed by atoms with Gasteiger partial charge in [-0.25, -0.2) is 4.98 Å². The summed E-state index contributed by atoms with van der Waals surface area (Å²) in [5.74, 6) is -0.301. The second-order valence-corrected chi connectivity index (χ2v) is 11.4. The van der Waals surface area contributed by atoms with Crippen molar-refractivity contribution in [3.8, 4) is 0 Å². The topological polar surface area (TPSA) is 58.1 Å². The fourth-order valence-corrected chi connectivity index (χ4v) is 4.90. The summed E-state index contributed by atoms with van der Waals surface area (Å²) >= 11 is 1.35. The maximum atomic E-state index is 13.3. The van der Waals surface area contributed by atoms with Crippen molar-refractivity contribution in [2.24, 2.45) is 0 Å². The van der Waals surface area contributed by atoms with Crippen LogP contribution in [0.2, 0.25) is 0 Å². The Morgan fingerprint density at radius 2 is 1.64 bits per heavy atom. The number of pyridine rings is 1. The van der Waals surface area contributed by atoms with Gasteiger partial charge in [0.25, 0.3) is 5.91 Å². The molecule has 0 atom stereocenters. The molecule has 0 saturated carbocycles. The zero-order valence-electron chi connectivity index (χ0n) is 22.1. The summed E-state index contributed by atoms with van der Waals surface area (Å²) in [6.07, 6.45) is -2.74. The second-order valence-electron chi connectivity index (χ2n) is 10.4. The lowest BCUT2D eigenvalue weighted by Crippen LogP contribution is -2.24. The fourth-order valence-electron chi connectivity index (χ4n) is 4.08. The van der Waals surface area contributed by atoms with E-state index in [1.165, 1.54) is 29.0 Å². The summed E-state index contributed by atoms with van der Waals surface area (Å²) in [5.41, 5.74) is 3.20. The van der Waals surface area contributed by atoms with E-state index in [1.54, 1.807) is 17.6 Å².